The number of hydrogen-bond donors (Lipinski definition) is 2. The van der Waals surface area contributed by atoms with Crippen molar-refractivity contribution in [3.63, 3.8) is 0 Å². The third-order valence-electron chi connectivity index (χ3n) is 4.40. The molecule has 1 unspecified atom stereocenters. The Labute approximate surface area is 125 Å². The maximum absolute atomic E-state index is 14.3. The van der Waals surface area contributed by atoms with Gasteiger partial charge in [-0.25, -0.2) is 4.39 Å². The van der Waals surface area contributed by atoms with E-state index in [1.807, 2.05) is 6.07 Å². The van der Waals surface area contributed by atoms with Crippen LogP contribution in [0, 0.1) is 12.7 Å². The molecular formula is C18H21FN2. The Balaban J connectivity index is 1.86. The van der Waals surface area contributed by atoms with Crippen molar-refractivity contribution in [1.29, 1.82) is 0 Å². The maximum atomic E-state index is 14.3. The fourth-order valence-electron chi connectivity index (χ4n) is 3.19. The van der Waals surface area contributed by atoms with Crippen molar-refractivity contribution < 1.29 is 4.39 Å². The van der Waals surface area contributed by atoms with Crippen LogP contribution in [0.5, 0.6) is 0 Å². The maximum Gasteiger partial charge on any atom is 0.130 e. The molecule has 0 amide bonds. The average Bonchev–Trinajstić information content (AvgIpc) is 2.95. The molecule has 21 heavy (non-hydrogen) atoms. The van der Waals surface area contributed by atoms with E-state index in [2.05, 4.69) is 23.6 Å². The summed E-state index contributed by atoms with van der Waals surface area (Å²) in [6.07, 6.45) is 4.28. The van der Waals surface area contributed by atoms with Gasteiger partial charge in [0.1, 0.15) is 5.82 Å². The molecule has 3 rings (SSSR count). The molecule has 0 aromatic heterocycles. The number of benzene rings is 2. The molecule has 0 heterocycles. The van der Waals surface area contributed by atoms with Crippen molar-refractivity contribution in [3.8, 4) is 0 Å². The summed E-state index contributed by atoms with van der Waals surface area (Å²) in [5.74, 6) is 5.50. The lowest BCUT2D eigenvalue weighted by Crippen LogP contribution is -2.30. The molecule has 0 aliphatic heterocycles. The Morgan fingerprint density at radius 2 is 2.00 bits per heavy atom. The summed E-state index contributed by atoms with van der Waals surface area (Å²) in [4.78, 5) is 0. The lowest BCUT2D eigenvalue weighted by molar-refractivity contribution is 0.507. The van der Waals surface area contributed by atoms with E-state index >= 15 is 0 Å². The summed E-state index contributed by atoms with van der Waals surface area (Å²) < 4.78 is 14.3. The standard InChI is InChI=1S/C18H21FN2/c1-12-4-2-7-16(18(12)19)17(21-20)11-13-8-9-14-5-3-6-15(14)10-13/h2,4,7-10,17,21H,3,5-6,11,20H2,1H3. The molecule has 0 bridgehead atoms. The van der Waals surface area contributed by atoms with Gasteiger partial charge in [-0.2, -0.15) is 0 Å². The van der Waals surface area contributed by atoms with E-state index < -0.39 is 0 Å². The minimum atomic E-state index is -0.204. The molecule has 2 aromatic rings. The van der Waals surface area contributed by atoms with Gasteiger partial charge in [0, 0.05) is 5.56 Å². The number of halogens is 1. The van der Waals surface area contributed by atoms with Crippen LogP contribution in [-0.4, -0.2) is 0 Å². The van der Waals surface area contributed by atoms with Gasteiger partial charge in [0.05, 0.1) is 6.04 Å². The second-order valence-corrected chi connectivity index (χ2v) is 5.86. The minimum Gasteiger partial charge on any atom is -0.271 e. The van der Waals surface area contributed by atoms with Crippen LogP contribution in [0.2, 0.25) is 0 Å². The molecule has 0 saturated heterocycles. The van der Waals surface area contributed by atoms with E-state index in [4.69, 9.17) is 5.84 Å². The molecule has 1 atom stereocenters. The Hall–Kier alpha value is -1.71. The highest BCUT2D eigenvalue weighted by atomic mass is 19.1. The van der Waals surface area contributed by atoms with Crippen LogP contribution in [0.3, 0.4) is 0 Å². The van der Waals surface area contributed by atoms with Crippen molar-refractivity contribution in [2.24, 2.45) is 5.84 Å². The fraction of sp³-hybridized carbons (Fsp3) is 0.333. The van der Waals surface area contributed by atoms with E-state index in [-0.39, 0.29) is 11.9 Å². The van der Waals surface area contributed by atoms with Gasteiger partial charge in [0.2, 0.25) is 0 Å². The lowest BCUT2D eigenvalue weighted by atomic mass is 9.95. The first-order valence-corrected chi connectivity index (χ1v) is 7.51. The van der Waals surface area contributed by atoms with Gasteiger partial charge >= 0.3 is 0 Å². The quantitative estimate of drug-likeness (QED) is 0.667. The summed E-state index contributed by atoms with van der Waals surface area (Å²) in [5.41, 5.74) is 8.16. The summed E-state index contributed by atoms with van der Waals surface area (Å²) in [6, 6.07) is 11.9. The van der Waals surface area contributed by atoms with Crippen LogP contribution in [0.4, 0.5) is 4.39 Å². The summed E-state index contributed by atoms with van der Waals surface area (Å²) in [5, 5.41) is 0. The fourth-order valence-corrected chi connectivity index (χ4v) is 3.19. The molecule has 0 spiro atoms. The number of hydrogen-bond acceptors (Lipinski definition) is 2. The highest BCUT2D eigenvalue weighted by molar-refractivity contribution is 5.36. The highest BCUT2D eigenvalue weighted by Gasteiger charge is 2.17. The van der Waals surface area contributed by atoms with Crippen LogP contribution in [0.25, 0.3) is 0 Å². The summed E-state index contributed by atoms with van der Waals surface area (Å²) in [7, 11) is 0. The molecule has 3 heteroatoms. The Morgan fingerprint density at radius 3 is 2.81 bits per heavy atom. The topological polar surface area (TPSA) is 38.0 Å². The van der Waals surface area contributed by atoms with E-state index in [9.17, 15) is 4.39 Å². The molecular weight excluding hydrogens is 263 g/mol. The molecule has 2 aromatic carbocycles. The van der Waals surface area contributed by atoms with Crippen molar-refractivity contribution in [3.05, 3.63) is 70.0 Å². The molecule has 2 nitrogen and oxygen atoms in total. The number of rotatable bonds is 4. The summed E-state index contributed by atoms with van der Waals surface area (Å²) in [6.45, 7) is 1.78. The second-order valence-electron chi connectivity index (χ2n) is 5.86. The Morgan fingerprint density at radius 1 is 1.19 bits per heavy atom. The number of hydrazine groups is 1. The van der Waals surface area contributed by atoms with Crippen LogP contribution < -0.4 is 11.3 Å². The van der Waals surface area contributed by atoms with E-state index in [0.29, 0.717) is 17.5 Å². The highest BCUT2D eigenvalue weighted by Crippen LogP contribution is 2.26. The van der Waals surface area contributed by atoms with E-state index in [1.54, 1.807) is 19.1 Å². The Bertz CT molecular complexity index is 652. The van der Waals surface area contributed by atoms with Gasteiger partial charge in [-0.1, -0.05) is 36.4 Å². The van der Waals surface area contributed by atoms with Gasteiger partial charge in [0.25, 0.3) is 0 Å². The van der Waals surface area contributed by atoms with Gasteiger partial charge in [-0.15, -0.1) is 0 Å². The largest absolute Gasteiger partial charge is 0.271 e. The number of nitrogens with one attached hydrogen (secondary N) is 1. The number of fused-ring (bicyclic) bond motifs is 1. The van der Waals surface area contributed by atoms with Gasteiger partial charge in [-0.3, -0.25) is 11.3 Å². The van der Waals surface area contributed by atoms with Crippen molar-refractivity contribution in [1.82, 2.24) is 5.43 Å². The SMILES string of the molecule is Cc1cccc(C(Cc2ccc3c(c2)CCC3)NN)c1F. The van der Waals surface area contributed by atoms with E-state index in [0.717, 1.165) is 6.42 Å². The second kappa shape index (κ2) is 5.96. The van der Waals surface area contributed by atoms with Gasteiger partial charge < -0.3 is 0 Å². The van der Waals surface area contributed by atoms with Crippen molar-refractivity contribution in [2.75, 3.05) is 0 Å². The van der Waals surface area contributed by atoms with Crippen LogP contribution in [0.1, 0.15) is 40.3 Å². The average molecular weight is 284 g/mol. The molecule has 1 aliphatic carbocycles. The zero-order chi connectivity index (χ0) is 14.8. The van der Waals surface area contributed by atoms with Crippen LogP contribution in [0.15, 0.2) is 36.4 Å². The van der Waals surface area contributed by atoms with E-state index in [1.165, 1.54) is 29.5 Å². The Kier molecular flexibility index (Phi) is 4.04. The number of nitrogens with two attached hydrogens (primary N) is 1. The minimum absolute atomic E-state index is 0.165. The first kappa shape index (κ1) is 14.2. The lowest BCUT2D eigenvalue weighted by Gasteiger charge is -2.18. The molecule has 3 N–H and O–H groups in total. The van der Waals surface area contributed by atoms with Crippen molar-refractivity contribution >= 4 is 0 Å². The normalized spacial score (nSPS) is 15.0. The monoisotopic (exact) mass is 284 g/mol. The van der Waals surface area contributed by atoms with Crippen LogP contribution >= 0.6 is 0 Å². The molecule has 1 aliphatic rings. The molecule has 0 saturated carbocycles. The molecule has 110 valence electrons. The number of aryl methyl sites for hydroxylation is 3. The third kappa shape index (κ3) is 2.85. The van der Waals surface area contributed by atoms with Gasteiger partial charge in [0.15, 0.2) is 0 Å². The predicted octanol–water partition coefficient (Wildman–Crippen LogP) is 3.37. The third-order valence-corrected chi connectivity index (χ3v) is 4.40. The first-order chi connectivity index (χ1) is 10.2. The first-order valence-electron chi connectivity index (χ1n) is 7.51. The summed E-state index contributed by atoms with van der Waals surface area (Å²) >= 11 is 0. The predicted molar refractivity (Wildman–Crippen MR) is 83.4 cm³/mol. The molecule has 0 fully saturated rings. The smallest absolute Gasteiger partial charge is 0.130 e. The zero-order valence-electron chi connectivity index (χ0n) is 12.3. The van der Waals surface area contributed by atoms with Crippen molar-refractivity contribution in [2.45, 2.75) is 38.6 Å². The van der Waals surface area contributed by atoms with Gasteiger partial charge in [-0.05, 0) is 54.9 Å². The zero-order valence-corrected chi connectivity index (χ0v) is 12.3. The van der Waals surface area contributed by atoms with Crippen LogP contribution in [-0.2, 0) is 19.3 Å². The molecule has 0 radical (unpaired) electrons.